The highest BCUT2D eigenvalue weighted by Crippen LogP contribution is 2.08. The van der Waals surface area contributed by atoms with E-state index in [1.54, 1.807) is 6.92 Å². The molecule has 0 aliphatic heterocycles. The van der Waals surface area contributed by atoms with E-state index in [0.29, 0.717) is 12.8 Å². The minimum absolute atomic E-state index is 0.198. The molecule has 0 aromatic heterocycles. The number of carboxylic acid groups (broad SMARTS) is 1. The summed E-state index contributed by atoms with van der Waals surface area (Å²) < 4.78 is 0. The second kappa shape index (κ2) is 11.4. The van der Waals surface area contributed by atoms with Gasteiger partial charge in [-0.2, -0.15) is 0 Å². The van der Waals surface area contributed by atoms with Gasteiger partial charge in [0, 0.05) is 0 Å². The van der Waals surface area contributed by atoms with E-state index in [1.807, 2.05) is 20.8 Å². The Morgan fingerprint density at radius 2 is 1.56 bits per heavy atom. The fourth-order valence-corrected chi connectivity index (χ4v) is 2.11. The Bertz CT molecular complexity index is 481. The third-order valence-corrected chi connectivity index (χ3v) is 3.71. The molecule has 0 radical (unpaired) electrons. The van der Waals surface area contributed by atoms with Crippen molar-refractivity contribution in [1.29, 1.82) is 0 Å². The van der Waals surface area contributed by atoms with Crippen LogP contribution < -0.4 is 21.7 Å². The first-order valence-corrected chi connectivity index (χ1v) is 8.40. The lowest BCUT2D eigenvalue weighted by atomic mass is 9.98. The number of carboxylic acids is 1. The van der Waals surface area contributed by atoms with Gasteiger partial charge in [-0.1, -0.05) is 34.1 Å². The van der Waals surface area contributed by atoms with Crippen molar-refractivity contribution in [3.05, 3.63) is 0 Å². The van der Waals surface area contributed by atoms with Crippen molar-refractivity contribution < 1.29 is 24.3 Å². The summed E-state index contributed by atoms with van der Waals surface area (Å²) in [6.07, 6.45) is 1.11. The summed E-state index contributed by atoms with van der Waals surface area (Å²) in [4.78, 5) is 46.4. The highest BCUT2D eigenvalue weighted by molar-refractivity contribution is 5.92. The van der Waals surface area contributed by atoms with E-state index in [2.05, 4.69) is 16.0 Å². The Morgan fingerprint density at radius 1 is 1.00 bits per heavy atom. The number of hydrogen-bond acceptors (Lipinski definition) is 5. The molecule has 144 valence electrons. The van der Waals surface area contributed by atoms with Gasteiger partial charge in [0.25, 0.3) is 0 Å². The van der Waals surface area contributed by atoms with Crippen molar-refractivity contribution in [1.82, 2.24) is 16.0 Å². The zero-order valence-electron chi connectivity index (χ0n) is 15.3. The van der Waals surface area contributed by atoms with Gasteiger partial charge < -0.3 is 26.8 Å². The minimum Gasteiger partial charge on any atom is -0.480 e. The average Bonchev–Trinajstić information content (AvgIpc) is 2.53. The fraction of sp³-hybridized carbons (Fsp3) is 0.750. The third-order valence-electron chi connectivity index (χ3n) is 3.71. The Kier molecular flexibility index (Phi) is 10.4. The second-order valence-electron chi connectivity index (χ2n) is 6.50. The molecule has 0 fully saturated rings. The van der Waals surface area contributed by atoms with Crippen molar-refractivity contribution in [3.8, 4) is 0 Å². The van der Waals surface area contributed by atoms with Gasteiger partial charge in [0.15, 0.2) is 0 Å². The topological polar surface area (TPSA) is 151 Å². The van der Waals surface area contributed by atoms with Gasteiger partial charge in [0.2, 0.25) is 17.7 Å². The zero-order valence-corrected chi connectivity index (χ0v) is 15.3. The van der Waals surface area contributed by atoms with Crippen LogP contribution in [-0.2, 0) is 19.2 Å². The standard InChI is InChI=1S/C16H30N4O5/c1-5-10(4)14(16(25)19-8-13(22)23)20-12(21)7-18-15(24)11(17)6-9(2)3/h9-11,14H,5-8,17H2,1-4H3,(H,18,24)(H,19,25)(H,20,21)(H,22,23)/t10-,11-,14-/m0/s1. The second-order valence-corrected chi connectivity index (χ2v) is 6.50. The molecule has 9 heteroatoms. The van der Waals surface area contributed by atoms with Crippen molar-refractivity contribution in [2.24, 2.45) is 17.6 Å². The molecule has 9 nitrogen and oxygen atoms in total. The van der Waals surface area contributed by atoms with Crippen LogP contribution in [0.5, 0.6) is 0 Å². The normalized spacial score (nSPS) is 14.3. The van der Waals surface area contributed by atoms with Gasteiger partial charge >= 0.3 is 5.97 Å². The number of amides is 3. The van der Waals surface area contributed by atoms with Crippen molar-refractivity contribution >= 4 is 23.7 Å². The maximum absolute atomic E-state index is 12.1. The van der Waals surface area contributed by atoms with E-state index in [1.165, 1.54) is 0 Å². The first-order valence-electron chi connectivity index (χ1n) is 8.40. The van der Waals surface area contributed by atoms with Gasteiger partial charge in [-0.15, -0.1) is 0 Å². The quantitative estimate of drug-likeness (QED) is 0.326. The third kappa shape index (κ3) is 9.65. The van der Waals surface area contributed by atoms with Gasteiger partial charge in [-0.25, -0.2) is 0 Å². The Hall–Kier alpha value is -2.16. The van der Waals surface area contributed by atoms with Crippen LogP contribution in [0.4, 0.5) is 0 Å². The summed E-state index contributed by atoms with van der Waals surface area (Å²) in [6.45, 7) is 6.66. The molecule has 0 aromatic carbocycles. The van der Waals surface area contributed by atoms with Crippen LogP contribution in [0.15, 0.2) is 0 Å². The Labute approximate surface area is 148 Å². The molecule has 6 N–H and O–H groups in total. The largest absolute Gasteiger partial charge is 0.480 e. The van der Waals surface area contributed by atoms with Crippen LogP contribution in [0, 0.1) is 11.8 Å². The van der Waals surface area contributed by atoms with Crippen LogP contribution >= 0.6 is 0 Å². The Balaban J connectivity index is 4.59. The van der Waals surface area contributed by atoms with Crippen molar-refractivity contribution in [2.45, 2.75) is 52.6 Å². The minimum atomic E-state index is -1.17. The number of rotatable bonds is 11. The van der Waals surface area contributed by atoms with E-state index < -0.39 is 42.3 Å². The highest BCUT2D eigenvalue weighted by atomic mass is 16.4. The van der Waals surface area contributed by atoms with E-state index in [9.17, 15) is 19.2 Å². The van der Waals surface area contributed by atoms with Gasteiger partial charge in [-0.05, 0) is 18.3 Å². The summed E-state index contributed by atoms with van der Waals surface area (Å²) in [6, 6.07) is -1.57. The molecule has 0 rings (SSSR count). The predicted octanol–water partition coefficient (Wildman–Crippen LogP) is -0.792. The van der Waals surface area contributed by atoms with E-state index in [-0.39, 0.29) is 18.4 Å². The predicted molar refractivity (Wildman–Crippen MR) is 92.5 cm³/mol. The van der Waals surface area contributed by atoms with Crippen molar-refractivity contribution in [3.63, 3.8) is 0 Å². The van der Waals surface area contributed by atoms with Crippen molar-refractivity contribution in [2.75, 3.05) is 13.1 Å². The number of hydrogen-bond donors (Lipinski definition) is 5. The molecular weight excluding hydrogens is 328 g/mol. The number of carbonyl (C=O) groups excluding carboxylic acids is 3. The summed E-state index contributed by atoms with van der Waals surface area (Å²) in [5, 5.41) is 15.8. The zero-order chi connectivity index (χ0) is 19.6. The molecule has 0 unspecified atom stereocenters. The van der Waals surface area contributed by atoms with E-state index in [0.717, 1.165) is 0 Å². The number of nitrogens with one attached hydrogen (secondary N) is 3. The maximum atomic E-state index is 12.1. The lowest BCUT2D eigenvalue weighted by Crippen LogP contribution is -2.53. The van der Waals surface area contributed by atoms with Crippen LogP contribution in [0.25, 0.3) is 0 Å². The van der Waals surface area contributed by atoms with Crippen LogP contribution in [0.1, 0.15) is 40.5 Å². The van der Waals surface area contributed by atoms with Crippen LogP contribution in [0.3, 0.4) is 0 Å². The number of carbonyl (C=O) groups is 4. The summed E-state index contributed by atoms with van der Waals surface area (Å²) >= 11 is 0. The summed E-state index contributed by atoms with van der Waals surface area (Å²) in [5.41, 5.74) is 5.73. The number of aliphatic carboxylic acids is 1. The molecule has 0 aromatic rings. The first kappa shape index (κ1) is 22.8. The SMILES string of the molecule is CC[C@H](C)[C@H](NC(=O)CNC(=O)[C@@H](N)CC(C)C)C(=O)NCC(=O)O. The molecule has 3 atom stereocenters. The van der Waals surface area contributed by atoms with Gasteiger partial charge in [0.05, 0.1) is 12.6 Å². The summed E-state index contributed by atoms with van der Waals surface area (Å²) in [7, 11) is 0. The molecule has 0 heterocycles. The molecular formula is C16H30N4O5. The van der Waals surface area contributed by atoms with E-state index in [4.69, 9.17) is 10.8 Å². The molecule has 0 aliphatic carbocycles. The molecule has 3 amide bonds. The Morgan fingerprint density at radius 3 is 2.04 bits per heavy atom. The molecule has 0 aliphatic rings. The molecule has 25 heavy (non-hydrogen) atoms. The monoisotopic (exact) mass is 358 g/mol. The first-order chi connectivity index (χ1) is 11.6. The smallest absolute Gasteiger partial charge is 0.322 e. The molecule has 0 saturated carbocycles. The molecule has 0 spiro atoms. The summed E-state index contributed by atoms with van der Waals surface area (Å²) in [5.74, 6) is -2.67. The van der Waals surface area contributed by atoms with Crippen LogP contribution in [-0.4, -0.2) is 54.0 Å². The van der Waals surface area contributed by atoms with Gasteiger partial charge in [0.1, 0.15) is 12.6 Å². The molecule has 0 saturated heterocycles. The average molecular weight is 358 g/mol. The van der Waals surface area contributed by atoms with Gasteiger partial charge in [-0.3, -0.25) is 19.2 Å². The highest BCUT2D eigenvalue weighted by Gasteiger charge is 2.26. The number of nitrogens with two attached hydrogens (primary N) is 1. The van der Waals surface area contributed by atoms with E-state index >= 15 is 0 Å². The maximum Gasteiger partial charge on any atom is 0.322 e. The van der Waals surface area contributed by atoms with Crippen LogP contribution in [0.2, 0.25) is 0 Å². The lowest BCUT2D eigenvalue weighted by molar-refractivity contribution is -0.138. The molecule has 0 bridgehead atoms. The lowest BCUT2D eigenvalue weighted by Gasteiger charge is -2.23. The fourth-order valence-electron chi connectivity index (χ4n) is 2.11.